The van der Waals surface area contributed by atoms with E-state index in [1.54, 1.807) is 12.1 Å². The predicted molar refractivity (Wildman–Crippen MR) is 106 cm³/mol. The Kier molecular flexibility index (Phi) is 4.88. The fourth-order valence-electron chi connectivity index (χ4n) is 3.86. The van der Waals surface area contributed by atoms with Crippen molar-refractivity contribution in [3.8, 4) is 0 Å². The summed E-state index contributed by atoms with van der Waals surface area (Å²) in [6, 6.07) is 13.8. The van der Waals surface area contributed by atoms with Gasteiger partial charge in [0.25, 0.3) is 5.91 Å². The van der Waals surface area contributed by atoms with Gasteiger partial charge in [-0.25, -0.2) is 0 Å². The van der Waals surface area contributed by atoms with Crippen LogP contribution < -0.4 is 4.90 Å². The Bertz CT molecular complexity index is 797. The van der Waals surface area contributed by atoms with Crippen molar-refractivity contribution in [1.82, 2.24) is 9.80 Å². The van der Waals surface area contributed by atoms with Gasteiger partial charge in [-0.15, -0.1) is 0 Å². The average Bonchev–Trinajstić information content (AvgIpc) is 2.68. The lowest BCUT2D eigenvalue weighted by molar-refractivity contribution is 0.0735. The zero-order chi connectivity index (χ0) is 18.1. The van der Waals surface area contributed by atoms with E-state index in [0.717, 1.165) is 39.1 Å². The van der Waals surface area contributed by atoms with Crippen LogP contribution in [0.3, 0.4) is 0 Å². The highest BCUT2D eigenvalue weighted by Gasteiger charge is 2.26. The van der Waals surface area contributed by atoms with Crippen LogP contribution in [-0.4, -0.2) is 55.5 Å². The van der Waals surface area contributed by atoms with Crippen LogP contribution in [0.25, 0.3) is 0 Å². The molecule has 4 rings (SSSR count). The van der Waals surface area contributed by atoms with E-state index in [-0.39, 0.29) is 5.91 Å². The number of carbonyl (C=O) groups is 1. The van der Waals surface area contributed by atoms with Gasteiger partial charge in [0, 0.05) is 55.5 Å². The van der Waals surface area contributed by atoms with E-state index >= 15 is 0 Å². The van der Waals surface area contributed by atoms with E-state index in [1.807, 2.05) is 17.0 Å². The Hall–Kier alpha value is -2.04. The summed E-state index contributed by atoms with van der Waals surface area (Å²) in [5, 5.41) is 0.655. The SMILES string of the molecule is CN1CCN(c2cccc3c2CN(C(=O)c2ccc(Cl)cc2)CC3)CC1. The minimum atomic E-state index is 0.0838. The van der Waals surface area contributed by atoms with E-state index in [9.17, 15) is 4.79 Å². The predicted octanol–water partition coefficient (Wildman–Crippen LogP) is 3.29. The first-order chi connectivity index (χ1) is 12.6. The number of likely N-dealkylation sites (N-methyl/N-ethyl adjacent to an activating group) is 1. The Morgan fingerprint density at radius 2 is 1.69 bits per heavy atom. The van der Waals surface area contributed by atoms with Crippen molar-refractivity contribution in [2.75, 3.05) is 44.7 Å². The molecule has 0 bridgehead atoms. The van der Waals surface area contributed by atoms with Gasteiger partial charge in [0.15, 0.2) is 0 Å². The maximum atomic E-state index is 12.9. The zero-order valence-electron chi connectivity index (χ0n) is 15.1. The van der Waals surface area contributed by atoms with Gasteiger partial charge in [0.05, 0.1) is 0 Å². The second-order valence-corrected chi connectivity index (χ2v) is 7.63. The molecular formula is C21H24ClN3O. The molecule has 0 saturated carbocycles. The number of halogens is 1. The molecule has 2 heterocycles. The molecule has 136 valence electrons. The number of hydrogen-bond acceptors (Lipinski definition) is 3. The van der Waals surface area contributed by atoms with Crippen molar-refractivity contribution >= 4 is 23.2 Å². The number of rotatable bonds is 2. The van der Waals surface area contributed by atoms with E-state index in [2.05, 4.69) is 35.0 Å². The minimum absolute atomic E-state index is 0.0838. The molecule has 2 aromatic carbocycles. The van der Waals surface area contributed by atoms with Crippen LogP contribution in [-0.2, 0) is 13.0 Å². The molecule has 26 heavy (non-hydrogen) atoms. The van der Waals surface area contributed by atoms with Gasteiger partial charge in [-0.3, -0.25) is 4.79 Å². The smallest absolute Gasteiger partial charge is 0.254 e. The first-order valence-corrected chi connectivity index (χ1v) is 9.59. The van der Waals surface area contributed by atoms with E-state index in [1.165, 1.54) is 16.8 Å². The molecule has 1 fully saturated rings. The van der Waals surface area contributed by atoms with Gasteiger partial charge < -0.3 is 14.7 Å². The lowest BCUT2D eigenvalue weighted by atomic mass is 9.96. The lowest BCUT2D eigenvalue weighted by Crippen LogP contribution is -2.45. The van der Waals surface area contributed by atoms with Crippen LogP contribution in [0.4, 0.5) is 5.69 Å². The molecule has 0 unspecified atom stereocenters. The minimum Gasteiger partial charge on any atom is -0.369 e. The van der Waals surface area contributed by atoms with Crippen LogP contribution >= 0.6 is 11.6 Å². The molecule has 2 aliphatic rings. The van der Waals surface area contributed by atoms with E-state index in [4.69, 9.17) is 11.6 Å². The molecule has 2 aromatic rings. The number of anilines is 1. The fraction of sp³-hybridized carbons (Fsp3) is 0.381. The molecule has 0 aliphatic carbocycles. The first-order valence-electron chi connectivity index (χ1n) is 9.21. The van der Waals surface area contributed by atoms with Gasteiger partial charge in [-0.05, 0) is 54.9 Å². The Balaban J connectivity index is 1.57. The van der Waals surface area contributed by atoms with Gasteiger partial charge in [-0.2, -0.15) is 0 Å². The number of nitrogens with zero attached hydrogens (tertiary/aromatic N) is 3. The second kappa shape index (κ2) is 7.29. The first kappa shape index (κ1) is 17.4. The monoisotopic (exact) mass is 369 g/mol. The quantitative estimate of drug-likeness (QED) is 0.812. The molecule has 5 heteroatoms. The summed E-state index contributed by atoms with van der Waals surface area (Å²) in [7, 11) is 2.17. The van der Waals surface area contributed by atoms with Gasteiger partial charge in [0.1, 0.15) is 0 Å². The van der Waals surface area contributed by atoms with Crippen molar-refractivity contribution in [3.63, 3.8) is 0 Å². The summed E-state index contributed by atoms with van der Waals surface area (Å²) in [5.41, 5.74) is 4.69. The number of amides is 1. The fourth-order valence-corrected chi connectivity index (χ4v) is 3.98. The molecule has 0 aromatic heterocycles. The highest BCUT2D eigenvalue weighted by Crippen LogP contribution is 2.30. The third-order valence-electron chi connectivity index (χ3n) is 5.47. The second-order valence-electron chi connectivity index (χ2n) is 7.19. The maximum Gasteiger partial charge on any atom is 0.254 e. The standard InChI is InChI=1S/C21H24ClN3O/c1-23-11-13-24(14-12-23)20-4-2-3-16-9-10-25(15-19(16)20)21(26)17-5-7-18(22)8-6-17/h2-8H,9-15H2,1H3. The summed E-state index contributed by atoms with van der Waals surface area (Å²) in [4.78, 5) is 19.7. The van der Waals surface area contributed by atoms with Gasteiger partial charge in [0.2, 0.25) is 0 Å². The normalized spacial score (nSPS) is 17.9. The third-order valence-corrected chi connectivity index (χ3v) is 5.72. The van der Waals surface area contributed by atoms with Crippen molar-refractivity contribution in [1.29, 1.82) is 0 Å². The summed E-state index contributed by atoms with van der Waals surface area (Å²) in [6.07, 6.45) is 0.913. The summed E-state index contributed by atoms with van der Waals surface area (Å²) >= 11 is 5.95. The Morgan fingerprint density at radius 3 is 2.42 bits per heavy atom. The van der Waals surface area contributed by atoms with Crippen LogP contribution in [0.5, 0.6) is 0 Å². The van der Waals surface area contributed by atoms with E-state index < -0.39 is 0 Å². The molecular weight excluding hydrogens is 346 g/mol. The largest absolute Gasteiger partial charge is 0.369 e. The average molecular weight is 370 g/mol. The van der Waals surface area contributed by atoms with Gasteiger partial charge in [-0.1, -0.05) is 23.7 Å². The molecule has 0 atom stereocenters. The van der Waals surface area contributed by atoms with Crippen LogP contribution in [0.15, 0.2) is 42.5 Å². The summed E-state index contributed by atoms with van der Waals surface area (Å²) in [6.45, 7) is 5.68. The number of hydrogen-bond donors (Lipinski definition) is 0. The van der Waals surface area contributed by atoms with Gasteiger partial charge >= 0.3 is 0 Å². The maximum absolute atomic E-state index is 12.9. The number of piperazine rings is 1. The topological polar surface area (TPSA) is 26.8 Å². The number of fused-ring (bicyclic) bond motifs is 1. The van der Waals surface area contributed by atoms with Crippen LogP contribution in [0.1, 0.15) is 21.5 Å². The zero-order valence-corrected chi connectivity index (χ0v) is 15.9. The lowest BCUT2D eigenvalue weighted by Gasteiger charge is -2.38. The molecule has 1 amide bonds. The molecule has 1 saturated heterocycles. The molecule has 0 N–H and O–H groups in total. The van der Waals surface area contributed by atoms with E-state index in [0.29, 0.717) is 17.1 Å². The highest BCUT2D eigenvalue weighted by molar-refractivity contribution is 6.30. The van der Waals surface area contributed by atoms with Crippen molar-refractivity contribution in [2.24, 2.45) is 0 Å². The van der Waals surface area contributed by atoms with Crippen molar-refractivity contribution < 1.29 is 4.79 Å². The molecule has 4 nitrogen and oxygen atoms in total. The van der Waals surface area contributed by atoms with Crippen LogP contribution in [0.2, 0.25) is 5.02 Å². The highest BCUT2D eigenvalue weighted by atomic mass is 35.5. The molecule has 0 spiro atoms. The van der Waals surface area contributed by atoms with Crippen LogP contribution in [0, 0.1) is 0 Å². The van der Waals surface area contributed by atoms with Crippen molar-refractivity contribution in [2.45, 2.75) is 13.0 Å². The molecule has 0 radical (unpaired) electrons. The van der Waals surface area contributed by atoms with Crippen molar-refractivity contribution in [3.05, 3.63) is 64.2 Å². The number of carbonyl (C=O) groups excluding carboxylic acids is 1. The Labute approximate surface area is 160 Å². The summed E-state index contributed by atoms with van der Waals surface area (Å²) < 4.78 is 0. The molecule has 2 aliphatic heterocycles. The Morgan fingerprint density at radius 1 is 0.962 bits per heavy atom. The number of benzene rings is 2. The third kappa shape index (κ3) is 3.44. The summed E-state index contributed by atoms with van der Waals surface area (Å²) in [5.74, 6) is 0.0838.